The number of urea groups is 1. The minimum absolute atomic E-state index is 0.00799. The molecule has 1 aliphatic heterocycles. The molecule has 27 heavy (non-hydrogen) atoms. The first kappa shape index (κ1) is 18.7. The number of nitrogens with zero attached hydrogens (tertiary/aromatic N) is 1. The van der Waals surface area contributed by atoms with Gasteiger partial charge in [-0.3, -0.25) is 4.79 Å². The molecular weight excluding hydrogens is 349 g/mol. The molecule has 1 atom stereocenters. The van der Waals surface area contributed by atoms with Gasteiger partial charge in [0.25, 0.3) is 0 Å². The molecule has 1 saturated heterocycles. The Kier molecular flexibility index (Phi) is 5.90. The van der Waals surface area contributed by atoms with E-state index in [0.717, 1.165) is 5.75 Å². The highest BCUT2D eigenvalue weighted by Crippen LogP contribution is 2.25. The van der Waals surface area contributed by atoms with E-state index in [1.54, 1.807) is 41.3 Å². The van der Waals surface area contributed by atoms with E-state index in [2.05, 4.69) is 10.6 Å². The van der Waals surface area contributed by atoms with E-state index in [-0.39, 0.29) is 23.7 Å². The van der Waals surface area contributed by atoms with E-state index < -0.39 is 0 Å². The quantitative estimate of drug-likeness (QED) is 0.818. The normalized spacial score (nSPS) is 16.3. The zero-order valence-electron chi connectivity index (χ0n) is 15.1. The van der Waals surface area contributed by atoms with E-state index in [9.17, 15) is 14.0 Å². The zero-order valence-corrected chi connectivity index (χ0v) is 15.1. The van der Waals surface area contributed by atoms with Gasteiger partial charge in [0.15, 0.2) is 0 Å². The van der Waals surface area contributed by atoms with E-state index in [4.69, 9.17) is 4.74 Å². The Morgan fingerprint density at radius 1 is 1.19 bits per heavy atom. The maximum Gasteiger partial charge on any atom is 0.319 e. The van der Waals surface area contributed by atoms with Crippen LogP contribution in [0.3, 0.4) is 0 Å². The van der Waals surface area contributed by atoms with Gasteiger partial charge in [0.1, 0.15) is 11.6 Å². The van der Waals surface area contributed by atoms with Crippen LogP contribution in [0.15, 0.2) is 48.5 Å². The molecule has 1 unspecified atom stereocenters. The molecule has 1 heterocycles. The molecule has 2 aromatic rings. The first-order valence-corrected chi connectivity index (χ1v) is 8.89. The predicted octanol–water partition coefficient (Wildman–Crippen LogP) is 3.40. The number of rotatable bonds is 6. The molecule has 0 saturated carbocycles. The largest absolute Gasteiger partial charge is 0.494 e. The van der Waals surface area contributed by atoms with Crippen molar-refractivity contribution in [1.29, 1.82) is 0 Å². The second kappa shape index (κ2) is 8.53. The van der Waals surface area contributed by atoms with E-state index in [1.807, 2.05) is 6.92 Å². The number of carbonyl (C=O) groups excluding carboxylic acids is 2. The Bertz CT molecular complexity index is 793. The van der Waals surface area contributed by atoms with Crippen LogP contribution in [-0.4, -0.2) is 31.6 Å². The van der Waals surface area contributed by atoms with Crippen LogP contribution in [0.1, 0.15) is 13.3 Å². The van der Waals surface area contributed by atoms with Crippen molar-refractivity contribution in [3.63, 3.8) is 0 Å². The summed E-state index contributed by atoms with van der Waals surface area (Å²) in [7, 11) is 0. The lowest BCUT2D eigenvalue weighted by Crippen LogP contribution is -2.34. The molecule has 7 heteroatoms. The summed E-state index contributed by atoms with van der Waals surface area (Å²) < 4.78 is 18.4. The number of ether oxygens (including phenoxy) is 1. The summed E-state index contributed by atoms with van der Waals surface area (Å²) in [4.78, 5) is 25.9. The third-order valence-corrected chi connectivity index (χ3v) is 4.32. The number of nitrogens with one attached hydrogen (secondary N) is 2. The number of hydrogen-bond donors (Lipinski definition) is 2. The molecule has 0 bridgehead atoms. The lowest BCUT2D eigenvalue weighted by atomic mass is 10.1. The Morgan fingerprint density at radius 3 is 2.56 bits per heavy atom. The standard InChI is InChI=1S/C20H22FN3O3/c1-2-27-18-9-5-16(6-10-18)23-20(26)22-12-14-11-19(25)24(13-14)17-7-3-15(21)4-8-17/h3-10,14H,2,11-13H2,1H3,(H2,22,23,26). The Morgan fingerprint density at radius 2 is 1.89 bits per heavy atom. The van der Waals surface area contributed by atoms with Crippen LogP contribution < -0.4 is 20.3 Å². The zero-order chi connectivity index (χ0) is 19.2. The van der Waals surface area contributed by atoms with Crippen molar-refractivity contribution in [3.8, 4) is 5.75 Å². The molecule has 2 aromatic carbocycles. The molecule has 1 aliphatic rings. The van der Waals surface area contributed by atoms with Gasteiger partial charge in [0.2, 0.25) is 5.91 Å². The summed E-state index contributed by atoms with van der Waals surface area (Å²) in [6.07, 6.45) is 0.348. The maximum atomic E-state index is 13.0. The van der Waals surface area contributed by atoms with Crippen molar-refractivity contribution >= 4 is 23.3 Å². The fourth-order valence-electron chi connectivity index (χ4n) is 3.00. The van der Waals surface area contributed by atoms with Crippen LogP contribution in [0.2, 0.25) is 0 Å². The number of hydrogen-bond acceptors (Lipinski definition) is 3. The van der Waals surface area contributed by atoms with Crippen LogP contribution in [0.5, 0.6) is 5.75 Å². The van der Waals surface area contributed by atoms with E-state index in [1.165, 1.54) is 12.1 Å². The van der Waals surface area contributed by atoms with Gasteiger partial charge in [0, 0.05) is 36.8 Å². The van der Waals surface area contributed by atoms with Gasteiger partial charge in [-0.2, -0.15) is 0 Å². The first-order chi connectivity index (χ1) is 13.0. The van der Waals surface area contributed by atoms with Gasteiger partial charge >= 0.3 is 6.03 Å². The molecule has 0 spiro atoms. The molecule has 1 fully saturated rings. The number of carbonyl (C=O) groups is 2. The molecule has 3 rings (SSSR count). The molecule has 142 valence electrons. The SMILES string of the molecule is CCOc1ccc(NC(=O)NCC2CC(=O)N(c3ccc(F)cc3)C2)cc1. The average Bonchev–Trinajstić information content (AvgIpc) is 3.03. The van der Waals surface area contributed by atoms with Crippen LogP contribution >= 0.6 is 0 Å². The highest BCUT2D eigenvalue weighted by atomic mass is 19.1. The first-order valence-electron chi connectivity index (χ1n) is 8.89. The Hall–Kier alpha value is -3.09. The maximum absolute atomic E-state index is 13.0. The number of amides is 3. The van der Waals surface area contributed by atoms with Crippen LogP contribution in [0.25, 0.3) is 0 Å². The Balaban J connectivity index is 1.47. The summed E-state index contributed by atoms with van der Waals surface area (Å²) in [6.45, 7) is 3.37. The minimum Gasteiger partial charge on any atom is -0.494 e. The Labute approximate surface area is 157 Å². The molecular formula is C20H22FN3O3. The summed E-state index contributed by atoms with van der Waals surface area (Å²) in [5.74, 6) is 0.386. The molecule has 3 amide bonds. The topological polar surface area (TPSA) is 70.7 Å². The molecule has 0 aliphatic carbocycles. The van der Waals surface area contributed by atoms with Crippen molar-refractivity contribution in [2.24, 2.45) is 5.92 Å². The van der Waals surface area contributed by atoms with Crippen molar-refractivity contribution < 1.29 is 18.7 Å². The van der Waals surface area contributed by atoms with Gasteiger partial charge in [-0.05, 0) is 55.5 Å². The number of anilines is 2. The number of benzene rings is 2. The number of halogens is 1. The molecule has 6 nitrogen and oxygen atoms in total. The van der Waals surface area contributed by atoms with Crippen molar-refractivity contribution in [2.75, 3.05) is 29.9 Å². The second-order valence-electron chi connectivity index (χ2n) is 6.34. The average molecular weight is 371 g/mol. The second-order valence-corrected chi connectivity index (χ2v) is 6.34. The molecule has 2 N–H and O–H groups in total. The summed E-state index contributed by atoms with van der Waals surface area (Å²) in [5.41, 5.74) is 1.33. The monoisotopic (exact) mass is 371 g/mol. The lowest BCUT2D eigenvalue weighted by Gasteiger charge is -2.17. The van der Waals surface area contributed by atoms with Crippen LogP contribution in [0.4, 0.5) is 20.6 Å². The summed E-state index contributed by atoms with van der Waals surface area (Å²) >= 11 is 0. The fraction of sp³-hybridized carbons (Fsp3) is 0.300. The highest BCUT2D eigenvalue weighted by molar-refractivity contribution is 5.96. The minimum atomic E-state index is -0.338. The van der Waals surface area contributed by atoms with Crippen LogP contribution in [0, 0.1) is 11.7 Å². The van der Waals surface area contributed by atoms with Crippen LogP contribution in [-0.2, 0) is 4.79 Å². The molecule has 0 radical (unpaired) electrons. The summed E-state index contributed by atoms with van der Waals surface area (Å²) in [6, 6.07) is 12.6. The van der Waals surface area contributed by atoms with E-state index in [0.29, 0.717) is 37.5 Å². The lowest BCUT2D eigenvalue weighted by molar-refractivity contribution is -0.117. The van der Waals surface area contributed by atoms with Crippen molar-refractivity contribution in [3.05, 3.63) is 54.3 Å². The molecule has 0 aromatic heterocycles. The highest BCUT2D eigenvalue weighted by Gasteiger charge is 2.30. The van der Waals surface area contributed by atoms with Crippen molar-refractivity contribution in [1.82, 2.24) is 5.32 Å². The third kappa shape index (κ3) is 4.97. The van der Waals surface area contributed by atoms with Gasteiger partial charge in [0.05, 0.1) is 6.61 Å². The van der Waals surface area contributed by atoms with E-state index >= 15 is 0 Å². The van der Waals surface area contributed by atoms with Gasteiger partial charge in [-0.25, -0.2) is 9.18 Å². The predicted molar refractivity (Wildman–Crippen MR) is 101 cm³/mol. The van der Waals surface area contributed by atoms with Crippen molar-refractivity contribution in [2.45, 2.75) is 13.3 Å². The van der Waals surface area contributed by atoms with Gasteiger partial charge in [-0.1, -0.05) is 0 Å². The summed E-state index contributed by atoms with van der Waals surface area (Å²) in [5, 5.41) is 5.54. The smallest absolute Gasteiger partial charge is 0.319 e. The fourth-order valence-corrected chi connectivity index (χ4v) is 3.00. The third-order valence-electron chi connectivity index (χ3n) is 4.32. The van der Waals surface area contributed by atoms with Gasteiger partial charge in [-0.15, -0.1) is 0 Å². The van der Waals surface area contributed by atoms with Gasteiger partial charge < -0.3 is 20.3 Å².